The summed E-state index contributed by atoms with van der Waals surface area (Å²) < 4.78 is 0. The van der Waals surface area contributed by atoms with Crippen molar-refractivity contribution in [3.8, 4) is 11.5 Å². The number of hydrogen-bond donors (Lipinski definition) is 4. The lowest BCUT2D eigenvalue weighted by Gasteiger charge is -2.28. The maximum absolute atomic E-state index is 13.4. The molecule has 0 aliphatic rings. The minimum absolute atomic E-state index is 0.147. The standard InChI is InChI=1S/C38H60N2O4/c1-14-15-16-17-30(39-31(41)22-24-18-26(35(2,3)4)33(43)27(19-24)36(5,6)7)40-32(42)23-25-20-28(37(8,9)10)34(44)29(21-25)38(11,12)13/h18-21,30,43-44H,14-17,22-23H2,1-13H3,(H,39,41)(H,40,42). The second kappa shape index (κ2) is 14.0. The van der Waals surface area contributed by atoms with Gasteiger partial charge in [-0.3, -0.25) is 9.59 Å². The SMILES string of the molecule is CCCCCC(NC(=O)Cc1cc(C(C)(C)C)c(O)c(C(C)(C)C)c1)NC(=O)Cc1cc(C(C)(C)C)c(O)c(C(C)(C)C)c1. The van der Waals surface area contributed by atoms with Gasteiger partial charge in [0.05, 0.1) is 12.8 Å². The molecule has 0 aliphatic carbocycles. The summed E-state index contributed by atoms with van der Waals surface area (Å²) in [6.07, 6.45) is 3.35. The number of unbranched alkanes of at least 4 members (excludes halogenated alkanes) is 2. The minimum atomic E-state index is -0.496. The lowest BCUT2D eigenvalue weighted by molar-refractivity contribution is -0.123. The first kappa shape index (κ1) is 37.2. The monoisotopic (exact) mass is 608 g/mol. The van der Waals surface area contributed by atoms with Crippen LogP contribution in [0.5, 0.6) is 11.5 Å². The number of phenolic OH excluding ortho intramolecular Hbond substituents is 2. The molecule has 0 radical (unpaired) electrons. The molecule has 2 aromatic rings. The Balaban J connectivity index is 2.32. The average Bonchev–Trinajstić information content (AvgIpc) is 2.83. The van der Waals surface area contributed by atoms with Crippen LogP contribution in [0.4, 0.5) is 0 Å². The Kier molecular flexibility index (Phi) is 11.8. The van der Waals surface area contributed by atoms with Crippen LogP contribution >= 0.6 is 0 Å². The molecule has 0 saturated heterocycles. The largest absolute Gasteiger partial charge is 0.507 e. The van der Waals surface area contributed by atoms with E-state index in [0.29, 0.717) is 6.42 Å². The summed E-state index contributed by atoms with van der Waals surface area (Å²) in [4.78, 5) is 26.8. The number of benzene rings is 2. The van der Waals surface area contributed by atoms with Crippen molar-refractivity contribution in [2.24, 2.45) is 0 Å². The number of aromatic hydroxyl groups is 2. The van der Waals surface area contributed by atoms with E-state index in [0.717, 1.165) is 52.6 Å². The van der Waals surface area contributed by atoms with E-state index in [4.69, 9.17) is 0 Å². The third-order valence-corrected chi connectivity index (χ3v) is 8.07. The number of nitrogens with one attached hydrogen (secondary N) is 2. The quantitative estimate of drug-likeness (QED) is 0.161. The molecule has 2 aromatic carbocycles. The summed E-state index contributed by atoms with van der Waals surface area (Å²) in [7, 11) is 0. The first-order valence-corrected chi connectivity index (χ1v) is 16.3. The van der Waals surface area contributed by atoms with Crippen LogP contribution in [0, 0.1) is 0 Å². The number of phenols is 2. The lowest BCUT2D eigenvalue weighted by Crippen LogP contribution is -2.48. The van der Waals surface area contributed by atoms with Gasteiger partial charge in [0, 0.05) is 0 Å². The number of hydrogen-bond acceptors (Lipinski definition) is 4. The molecule has 0 fully saturated rings. The molecule has 6 heteroatoms. The van der Waals surface area contributed by atoms with Crippen LogP contribution in [0.1, 0.15) is 149 Å². The van der Waals surface area contributed by atoms with Gasteiger partial charge in [-0.25, -0.2) is 0 Å². The van der Waals surface area contributed by atoms with Crippen molar-refractivity contribution in [2.75, 3.05) is 0 Å². The second-order valence-corrected chi connectivity index (χ2v) is 16.6. The van der Waals surface area contributed by atoms with E-state index in [-0.39, 0.29) is 57.8 Å². The maximum Gasteiger partial charge on any atom is 0.226 e. The lowest BCUT2D eigenvalue weighted by atomic mass is 9.78. The van der Waals surface area contributed by atoms with Gasteiger partial charge in [0.2, 0.25) is 11.8 Å². The Hall–Kier alpha value is -3.02. The summed E-state index contributed by atoms with van der Waals surface area (Å²) in [6, 6.07) is 7.72. The average molecular weight is 609 g/mol. The molecule has 44 heavy (non-hydrogen) atoms. The van der Waals surface area contributed by atoms with Gasteiger partial charge in [0.25, 0.3) is 0 Å². The molecule has 0 aliphatic heterocycles. The molecule has 2 amide bonds. The molecule has 0 bridgehead atoms. The van der Waals surface area contributed by atoms with Gasteiger partial charge in [-0.1, -0.05) is 127 Å². The van der Waals surface area contributed by atoms with Gasteiger partial charge < -0.3 is 20.8 Å². The van der Waals surface area contributed by atoms with Crippen molar-refractivity contribution >= 4 is 11.8 Å². The Morgan fingerprint density at radius 2 is 0.886 bits per heavy atom. The Bertz CT molecular complexity index is 1150. The van der Waals surface area contributed by atoms with E-state index < -0.39 is 6.17 Å². The smallest absolute Gasteiger partial charge is 0.226 e. The van der Waals surface area contributed by atoms with Crippen LogP contribution in [0.2, 0.25) is 0 Å². The van der Waals surface area contributed by atoms with Gasteiger partial charge in [-0.2, -0.15) is 0 Å². The van der Waals surface area contributed by atoms with Gasteiger partial charge in [0.15, 0.2) is 0 Å². The Morgan fingerprint density at radius 3 is 1.14 bits per heavy atom. The fourth-order valence-electron chi connectivity index (χ4n) is 5.52. The van der Waals surface area contributed by atoms with E-state index >= 15 is 0 Å². The molecular weight excluding hydrogens is 548 g/mol. The van der Waals surface area contributed by atoms with Crippen LogP contribution in [0.3, 0.4) is 0 Å². The third kappa shape index (κ3) is 10.3. The summed E-state index contributed by atoms with van der Waals surface area (Å²) >= 11 is 0. The molecule has 0 spiro atoms. The van der Waals surface area contributed by atoms with Crippen LogP contribution in [-0.4, -0.2) is 28.2 Å². The van der Waals surface area contributed by atoms with E-state index in [9.17, 15) is 19.8 Å². The van der Waals surface area contributed by atoms with Crippen molar-refractivity contribution in [1.29, 1.82) is 0 Å². The molecule has 0 atom stereocenters. The molecule has 6 nitrogen and oxygen atoms in total. The number of amides is 2. The highest BCUT2D eigenvalue weighted by atomic mass is 16.3. The predicted molar refractivity (Wildman–Crippen MR) is 183 cm³/mol. The van der Waals surface area contributed by atoms with Crippen LogP contribution in [0.15, 0.2) is 24.3 Å². The number of carbonyl (C=O) groups excluding carboxylic acids is 2. The van der Waals surface area contributed by atoms with E-state index in [1.54, 1.807) is 0 Å². The molecule has 4 N–H and O–H groups in total. The van der Waals surface area contributed by atoms with Gasteiger partial charge in [0.1, 0.15) is 17.7 Å². The van der Waals surface area contributed by atoms with Crippen LogP contribution < -0.4 is 10.6 Å². The Labute approximate surface area is 267 Å². The molecule has 0 aromatic heterocycles. The third-order valence-electron chi connectivity index (χ3n) is 8.07. The fourth-order valence-corrected chi connectivity index (χ4v) is 5.52. The van der Waals surface area contributed by atoms with E-state index in [1.165, 1.54) is 0 Å². The molecule has 2 rings (SSSR count). The van der Waals surface area contributed by atoms with Crippen LogP contribution in [-0.2, 0) is 44.1 Å². The highest BCUT2D eigenvalue weighted by Gasteiger charge is 2.29. The molecule has 0 heterocycles. The molecule has 246 valence electrons. The molecular formula is C38H60N2O4. The van der Waals surface area contributed by atoms with Gasteiger partial charge in [-0.05, 0) is 67.9 Å². The maximum atomic E-state index is 13.4. The summed E-state index contributed by atoms with van der Waals surface area (Å²) in [5.41, 5.74) is 3.78. The minimum Gasteiger partial charge on any atom is -0.507 e. The van der Waals surface area contributed by atoms with Crippen molar-refractivity contribution in [1.82, 2.24) is 10.6 Å². The van der Waals surface area contributed by atoms with Crippen molar-refractivity contribution in [3.63, 3.8) is 0 Å². The van der Waals surface area contributed by atoms with E-state index in [1.807, 2.05) is 24.3 Å². The number of carbonyl (C=O) groups is 2. The number of rotatable bonds is 10. The highest BCUT2D eigenvalue weighted by Crippen LogP contribution is 2.41. The fraction of sp³-hybridized carbons (Fsp3) is 0.632. The zero-order valence-corrected chi connectivity index (χ0v) is 29.8. The van der Waals surface area contributed by atoms with Gasteiger partial charge >= 0.3 is 0 Å². The zero-order chi connectivity index (χ0) is 33.8. The van der Waals surface area contributed by atoms with Crippen molar-refractivity contribution in [3.05, 3.63) is 57.6 Å². The first-order valence-electron chi connectivity index (χ1n) is 16.3. The zero-order valence-electron chi connectivity index (χ0n) is 29.8. The molecule has 0 saturated carbocycles. The summed E-state index contributed by atoms with van der Waals surface area (Å²) in [6.45, 7) is 26.8. The van der Waals surface area contributed by atoms with E-state index in [2.05, 4.69) is 101 Å². The van der Waals surface area contributed by atoms with Crippen molar-refractivity contribution < 1.29 is 19.8 Å². The highest BCUT2D eigenvalue weighted by molar-refractivity contribution is 5.82. The Morgan fingerprint density at radius 1 is 0.591 bits per heavy atom. The van der Waals surface area contributed by atoms with Gasteiger partial charge in [-0.15, -0.1) is 0 Å². The second-order valence-electron chi connectivity index (χ2n) is 16.6. The molecule has 0 unspecified atom stereocenters. The normalized spacial score (nSPS) is 12.9. The van der Waals surface area contributed by atoms with Crippen molar-refractivity contribution in [2.45, 2.75) is 156 Å². The first-order chi connectivity index (χ1) is 19.9. The predicted octanol–water partition coefficient (Wildman–Crippen LogP) is 8.21. The van der Waals surface area contributed by atoms with Crippen LogP contribution in [0.25, 0.3) is 0 Å². The summed E-state index contributed by atoms with van der Waals surface area (Å²) in [5, 5.41) is 28.3. The summed E-state index contributed by atoms with van der Waals surface area (Å²) in [5.74, 6) is 0.230. The topological polar surface area (TPSA) is 98.7 Å².